The molecule has 10 heteroatoms. The summed E-state index contributed by atoms with van der Waals surface area (Å²) in [5, 5.41) is 9.99. The van der Waals surface area contributed by atoms with Crippen LogP contribution in [0.2, 0.25) is 0 Å². The van der Waals surface area contributed by atoms with Crippen LogP contribution in [0.15, 0.2) is 52.6 Å². The Hall–Kier alpha value is -4.78. The first-order chi connectivity index (χ1) is 17.5. The van der Waals surface area contributed by atoms with Crippen LogP contribution in [0.25, 0.3) is 0 Å². The molecule has 0 unspecified atom stereocenters. The van der Waals surface area contributed by atoms with Gasteiger partial charge in [-0.1, -0.05) is 6.07 Å². The van der Waals surface area contributed by atoms with E-state index in [9.17, 15) is 10.1 Å². The third kappa shape index (κ3) is 3.28. The van der Waals surface area contributed by atoms with Crippen molar-refractivity contribution in [3.8, 4) is 40.6 Å². The van der Waals surface area contributed by atoms with Gasteiger partial charge in [-0.15, -0.1) is 0 Å². The maximum absolute atomic E-state index is 14.0. The number of nitrogens with two attached hydrogens (primary N) is 1. The molecule has 0 radical (unpaired) electrons. The number of nitrogens with zero attached hydrogens (tertiary/aromatic N) is 2. The summed E-state index contributed by atoms with van der Waals surface area (Å²) >= 11 is 0. The Bertz CT molecular complexity index is 1550. The van der Waals surface area contributed by atoms with E-state index in [0.717, 1.165) is 5.56 Å². The Balaban J connectivity index is 1.51. The van der Waals surface area contributed by atoms with E-state index < -0.39 is 5.92 Å². The van der Waals surface area contributed by atoms with E-state index in [0.29, 0.717) is 51.3 Å². The molecule has 2 N–H and O–H groups in total. The summed E-state index contributed by atoms with van der Waals surface area (Å²) in [6.07, 6.45) is 0. The van der Waals surface area contributed by atoms with Gasteiger partial charge in [0.1, 0.15) is 17.4 Å². The average molecular weight is 487 g/mol. The van der Waals surface area contributed by atoms with Crippen molar-refractivity contribution in [2.45, 2.75) is 19.4 Å². The molecule has 0 bridgehead atoms. The van der Waals surface area contributed by atoms with Crippen molar-refractivity contribution in [3.63, 3.8) is 0 Å². The SMILES string of the molecule is COc1cc([C@@H]2C(C#N)=C(N)Oc3cc(C)n(Cc4ccc5c(c4)OCO5)c(=O)c32)cc2c1OCO2. The number of ether oxygens (including phenoxy) is 6. The highest BCUT2D eigenvalue weighted by atomic mass is 16.7. The summed E-state index contributed by atoms with van der Waals surface area (Å²) in [4.78, 5) is 14.0. The van der Waals surface area contributed by atoms with E-state index in [-0.39, 0.29) is 37.1 Å². The molecule has 3 aromatic rings. The largest absolute Gasteiger partial charge is 0.493 e. The summed E-state index contributed by atoms with van der Waals surface area (Å²) in [5.41, 5.74) is 8.39. The highest BCUT2D eigenvalue weighted by Gasteiger charge is 2.36. The Morgan fingerprint density at radius 1 is 1.06 bits per heavy atom. The van der Waals surface area contributed by atoms with E-state index in [4.69, 9.17) is 34.2 Å². The molecule has 0 saturated heterocycles. The Labute approximate surface area is 205 Å². The lowest BCUT2D eigenvalue weighted by atomic mass is 9.83. The van der Waals surface area contributed by atoms with E-state index in [1.165, 1.54) is 7.11 Å². The first-order valence-electron chi connectivity index (χ1n) is 11.2. The second-order valence-electron chi connectivity index (χ2n) is 8.52. The number of aryl methyl sites for hydroxylation is 1. The Morgan fingerprint density at radius 2 is 1.83 bits per heavy atom. The summed E-state index contributed by atoms with van der Waals surface area (Å²) in [6.45, 7) is 2.31. The maximum atomic E-state index is 14.0. The zero-order valence-electron chi connectivity index (χ0n) is 19.5. The van der Waals surface area contributed by atoms with Gasteiger partial charge in [0.2, 0.25) is 25.2 Å². The first-order valence-corrected chi connectivity index (χ1v) is 11.2. The molecular weight excluding hydrogens is 466 g/mol. The number of aromatic nitrogens is 1. The van der Waals surface area contributed by atoms with Crippen LogP contribution in [0, 0.1) is 18.3 Å². The lowest BCUT2D eigenvalue weighted by Crippen LogP contribution is -2.33. The van der Waals surface area contributed by atoms with Gasteiger partial charge < -0.3 is 38.7 Å². The third-order valence-corrected chi connectivity index (χ3v) is 6.48. The van der Waals surface area contributed by atoms with Gasteiger partial charge in [0.05, 0.1) is 25.1 Å². The topological polar surface area (TPSA) is 127 Å². The molecule has 36 heavy (non-hydrogen) atoms. The van der Waals surface area contributed by atoms with Gasteiger partial charge in [-0.3, -0.25) is 4.79 Å². The van der Waals surface area contributed by atoms with Crippen LogP contribution in [0.3, 0.4) is 0 Å². The third-order valence-electron chi connectivity index (χ3n) is 6.48. The molecule has 2 aromatic carbocycles. The number of pyridine rings is 1. The van der Waals surface area contributed by atoms with Gasteiger partial charge >= 0.3 is 0 Å². The number of hydrogen-bond acceptors (Lipinski definition) is 9. The van der Waals surface area contributed by atoms with Gasteiger partial charge in [0, 0.05) is 11.8 Å². The number of benzene rings is 2. The fourth-order valence-electron chi connectivity index (χ4n) is 4.75. The molecule has 10 nitrogen and oxygen atoms in total. The molecular formula is C26H21N3O7. The van der Waals surface area contributed by atoms with Gasteiger partial charge in [0.15, 0.2) is 23.0 Å². The molecule has 3 aliphatic rings. The van der Waals surface area contributed by atoms with Crippen molar-refractivity contribution < 1.29 is 28.4 Å². The van der Waals surface area contributed by atoms with Crippen molar-refractivity contribution in [3.05, 3.63) is 80.6 Å². The summed E-state index contributed by atoms with van der Waals surface area (Å²) in [7, 11) is 1.51. The number of nitriles is 1. The number of rotatable bonds is 4. The lowest BCUT2D eigenvalue weighted by molar-refractivity contribution is 0.171. The first kappa shape index (κ1) is 21.7. The fraction of sp³-hybridized carbons (Fsp3) is 0.231. The van der Waals surface area contributed by atoms with Gasteiger partial charge in [-0.05, 0) is 42.3 Å². The standard InChI is InChI=1S/C26H21N3O7/c1-13-5-19-23(26(30)29(13)10-14-3-4-17-18(6-14)33-11-32-17)22(16(9-27)25(28)36-19)15-7-20(31-2)24-21(8-15)34-12-35-24/h3-8,22H,10-12,28H2,1-2H3/t22-/m1/s1. The minimum atomic E-state index is -0.793. The maximum Gasteiger partial charge on any atom is 0.259 e. The highest BCUT2D eigenvalue weighted by Crippen LogP contribution is 2.47. The molecule has 182 valence electrons. The Morgan fingerprint density at radius 3 is 2.64 bits per heavy atom. The van der Waals surface area contributed by atoms with Gasteiger partial charge in [-0.2, -0.15) is 5.26 Å². The van der Waals surface area contributed by atoms with E-state index in [1.807, 2.05) is 25.1 Å². The normalized spacial score (nSPS) is 16.9. The summed E-state index contributed by atoms with van der Waals surface area (Å²) in [6, 6.07) is 12.9. The predicted molar refractivity (Wildman–Crippen MR) is 126 cm³/mol. The minimum absolute atomic E-state index is 0.0458. The minimum Gasteiger partial charge on any atom is -0.493 e. The molecule has 0 fully saturated rings. The molecule has 1 atom stereocenters. The monoisotopic (exact) mass is 487 g/mol. The van der Waals surface area contributed by atoms with E-state index in [1.54, 1.807) is 22.8 Å². The van der Waals surface area contributed by atoms with Crippen molar-refractivity contribution in [1.82, 2.24) is 4.57 Å². The average Bonchev–Trinajstić information content (AvgIpc) is 3.54. The van der Waals surface area contributed by atoms with Crippen molar-refractivity contribution in [1.29, 1.82) is 5.26 Å². The van der Waals surface area contributed by atoms with Crippen LogP contribution < -0.4 is 39.7 Å². The number of methoxy groups -OCH3 is 1. The highest BCUT2D eigenvalue weighted by molar-refractivity contribution is 5.61. The van der Waals surface area contributed by atoms with Gasteiger partial charge in [-0.25, -0.2) is 0 Å². The molecule has 3 aliphatic heterocycles. The fourth-order valence-corrected chi connectivity index (χ4v) is 4.75. The molecule has 4 heterocycles. The molecule has 6 rings (SSSR count). The van der Waals surface area contributed by atoms with Crippen molar-refractivity contribution in [2.24, 2.45) is 5.73 Å². The lowest BCUT2D eigenvalue weighted by Gasteiger charge is -2.27. The van der Waals surface area contributed by atoms with Crippen LogP contribution in [0.5, 0.6) is 34.5 Å². The number of hydrogen-bond donors (Lipinski definition) is 1. The summed E-state index contributed by atoms with van der Waals surface area (Å²) < 4.78 is 34.8. The van der Waals surface area contributed by atoms with E-state index in [2.05, 4.69) is 6.07 Å². The molecule has 0 saturated carbocycles. The molecule has 0 spiro atoms. The molecule has 1 aromatic heterocycles. The zero-order chi connectivity index (χ0) is 25.0. The van der Waals surface area contributed by atoms with Crippen molar-refractivity contribution >= 4 is 0 Å². The molecule has 0 aliphatic carbocycles. The summed E-state index contributed by atoms with van der Waals surface area (Å²) in [5.74, 6) is 2.10. The number of allylic oxidation sites excluding steroid dienone is 1. The van der Waals surface area contributed by atoms with Crippen LogP contribution >= 0.6 is 0 Å². The quantitative estimate of drug-likeness (QED) is 0.591. The number of fused-ring (bicyclic) bond motifs is 3. The smallest absolute Gasteiger partial charge is 0.259 e. The Kier molecular flexibility index (Phi) is 4.93. The molecule has 0 amide bonds. The second-order valence-corrected chi connectivity index (χ2v) is 8.52. The van der Waals surface area contributed by atoms with Crippen molar-refractivity contribution in [2.75, 3.05) is 20.7 Å². The van der Waals surface area contributed by atoms with Crippen LogP contribution in [0.4, 0.5) is 0 Å². The predicted octanol–water partition coefficient (Wildman–Crippen LogP) is 2.89. The van der Waals surface area contributed by atoms with Crippen LogP contribution in [-0.2, 0) is 6.54 Å². The van der Waals surface area contributed by atoms with E-state index >= 15 is 0 Å². The van der Waals surface area contributed by atoms with Crippen LogP contribution in [0.1, 0.15) is 28.3 Å². The van der Waals surface area contributed by atoms with Crippen LogP contribution in [-0.4, -0.2) is 25.3 Å². The second kappa shape index (κ2) is 8.16. The van der Waals surface area contributed by atoms with Gasteiger partial charge in [0.25, 0.3) is 5.56 Å². The zero-order valence-corrected chi connectivity index (χ0v) is 19.5.